The summed E-state index contributed by atoms with van der Waals surface area (Å²) < 4.78 is 23.3. The summed E-state index contributed by atoms with van der Waals surface area (Å²) in [6, 6.07) is 16.2. The molecule has 4 nitrogen and oxygen atoms in total. The number of alkyl halides is 1. The second-order valence-corrected chi connectivity index (χ2v) is 12.1. The smallest absolute Gasteiger partial charge is 0.407 e. The maximum Gasteiger partial charge on any atom is 0.407 e. The van der Waals surface area contributed by atoms with Gasteiger partial charge in [-0.15, -0.1) is 0 Å². The second-order valence-electron chi connectivity index (χ2n) is 12.1. The van der Waals surface area contributed by atoms with Crippen LogP contribution in [-0.2, 0) is 10.4 Å². The van der Waals surface area contributed by atoms with Crippen LogP contribution in [0.2, 0.25) is 0 Å². The average Bonchev–Trinajstić information content (AvgIpc) is 3.47. The van der Waals surface area contributed by atoms with Crippen LogP contribution in [0.15, 0.2) is 48.5 Å². The van der Waals surface area contributed by atoms with Gasteiger partial charge in [0.25, 0.3) is 0 Å². The Hall–Kier alpha value is -2.40. The van der Waals surface area contributed by atoms with Crippen LogP contribution in [0.3, 0.4) is 0 Å². The molecule has 2 aromatic rings. The predicted octanol–water partition coefficient (Wildman–Crippen LogP) is 8.25. The molecule has 2 N–H and O–H groups in total. The van der Waals surface area contributed by atoms with Crippen molar-refractivity contribution in [2.75, 3.05) is 13.1 Å². The number of nitrogens with one attached hydrogen (secondary N) is 2. The number of hydrogen-bond donors (Lipinski definition) is 2. The molecule has 212 valence electrons. The number of alkyl carbamates (subject to hydrolysis) is 1. The summed E-state index contributed by atoms with van der Waals surface area (Å²) >= 11 is 0. The first-order valence-corrected chi connectivity index (χ1v) is 15.7. The molecule has 0 aromatic heterocycles. The zero-order valence-electron chi connectivity index (χ0n) is 23.7. The number of carbonyl (C=O) groups excluding carboxylic acids is 1. The van der Waals surface area contributed by atoms with Crippen LogP contribution < -0.4 is 10.6 Å². The third-order valence-electron chi connectivity index (χ3n) is 9.46. The molecule has 2 saturated carbocycles. The fourth-order valence-corrected chi connectivity index (χ4v) is 7.09. The van der Waals surface area contributed by atoms with E-state index in [4.69, 9.17) is 4.74 Å². The minimum atomic E-state index is -1.72. The highest BCUT2D eigenvalue weighted by Crippen LogP contribution is 2.43. The first-order chi connectivity index (χ1) is 19.1. The zero-order chi connectivity index (χ0) is 27.1. The summed E-state index contributed by atoms with van der Waals surface area (Å²) in [6.07, 6.45) is 14.3. The van der Waals surface area contributed by atoms with Crippen molar-refractivity contribution in [2.45, 2.75) is 120 Å². The lowest BCUT2D eigenvalue weighted by molar-refractivity contribution is 0.0978. The summed E-state index contributed by atoms with van der Waals surface area (Å²) in [5.41, 5.74) is 2.30. The van der Waals surface area contributed by atoms with Gasteiger partial charge in [0.15, 0.2) is 5.67 Å². The third kappa shape index (κ3) is 6.67. The molecule has 39 heavy (non-hydrogen) atoms. The lowest BCUT2D eigenvalue weighted by atomic mass is 9.78. The Bertz CT molecular complexity index is 980. The van der Waals surface area contributed by atoms with Gasteiger partial charge in [0.05, 0.1) is 6.04 Å². The average molecular weight is 535 g/mol. The normalized spacial score (nSPS) is 23.0. The molecule has 3 fully saturated rings. The Balaban J connectivity index is 1.37. The SMILES string of the molecule is CCCCNC(=O)O[C@H]1CNC(C(F)(c2ccc(C3CCCCC3)cc2)c2ccc(C3CCCCC3)cc2)C1. The highest BCUT2D eigenvalue weighted by atomic mass is 19.1. The first kappa shape index (κ1) is 28.1. The molecular formula is C34H47FN2O2. The fraction of sp³-hybridized carbons (Fsp3) is 0.618. The Labute approximate surface area is 234 Å². The van der Waals surface area contributed by atoms with Crippen LogP contribution in [0.1, 0.15) is 124 Å². The maximum atomic E-state index is 17.6. The summed E-state index contributed by atoms with van der Waals surface area (Å²) in [5.74, 6) is 1.18. The molecule has 1 amide bonds. The zero-order valence-corrected chi connectivity index (χ0v) is 23.7. The van der Waals surface area contributed by atoms with Gasteiger partial charge in [0, 0.05) is 19.5 Å². The third-order valence-corrected chi connectivity index (χ3v) is 9.46. The van der Waals surface area contributed by atoms with Crippen LogP contribution in [0.5, 0.6) is 0 Å². The highest BCUT2D eigenvalue weighted by Gasteiger charge is 2.47. The van der Waals surface area contributed by atoms with Crippen molar-refractivity contribution in [2.24, 2.45) is 0 Å². The molecule has 5 rings (SSSR count). The number of halogens is 1. The van der Waals surface area contributed by atoms with E-state index in [1.54, 1.807) is 0 Å². The summed E-state index contributed by atoms with van der Waals surface area (Å²) in [5, 5.41) is 6.21. The first-order valence-electron chi connectivity index (χ1n) is 15.7. The van der Waals surface area contributed by atoms with E-state index >= 15 is 4.39 Å². The van der Waals surface area contributed by atoms with Crippen molar-refractivity contribution in [3.63, 3.8) is 0 Å². The van der Waals surface area contributed by atoms with Gasteiger partial charge in [-0.05, 0) is 66.2 Å². The molecule has 0 bridgehead atoms. The van der Waals surface area contributed by atoms with Crippen molar-refractivity contribution >= 4 is 6.09 Å². The van der Waals surface area contributed by atoms with Crippen molar-refractivity contribution in [1.82, 2.24) is 10.6 Å². The maximum absolute atomic E-state index is 17.6. The Morgan fingerprint density at radius 2 is 1.38 bits per heavy atom. The lowest BCUT2D eigenvalue weighted by Gasteiger charge is -2.33. The van der Waals surface area contributed by atoms with Gasteiger partial charge in [0.2, 0.25) is 0 Å². The predicted molar refractivity (Wildman–Crippen MR) is 156 cm³/mol. The number of benzene rings is 2. The fourth-order valence-electron chi connectivity index (χ4n) is 7.09. The van der Waals surface area contributed by atoms with Crippen LogP contribution in [-0.4, -0.2) is 31.3 Å². The van der Waals surface area contributed by atoms with E-state index in [1.165, 1.54) is 75.3 Å². The second kappa shape index (κ2) is 13.3. The molecule has 5 heteroatoms. The largest absolute Gasteiger partial charge is 0.445 e. The summed E-state index contributed by atoms with van der Waals surface area (Å²) in [7, 11) is 0. The van der Waals surface area contributed by atoms with E-state index in [2.05, 4.69) is 41.8 Å². The van der Waals surface area contributed by atoms with E-state index in [1.807, 2.05) is 24.3 Å². The van der Waals surface area contributed by atoms with Gasteiger partial charge in [-0.2, -0.15) is 0 Å². The van der Waals surface area contributed by atoms with Gasteiger partial charge < -0.3 is 15.4 Å². The van der Waals surface area contributed by atoms with Gasteiger partial charge in [-0.25, -0.2) is 9.18 Å². The summed E-state index contributed by atoms with van der Waals surface area (Å²) in [4.78, 5) is 12.3. The lowest BCUT2D eigenvalue weighted by Crippen LogP contribution is -2.43. The van der Waals surface area contributed by atoms with Crippen molar-refractivity contribution < 1.29 is 13.9 Å². The van der Waals surface area contributed by atoms with Gasteiger partial charge in [-0.1, -0.05) is 100 Å². The quantitative estimate of drug-likeness (QED) is 0.319. The molecule has 2 aliphatic carbocycles. The monoisotopic (exact) mass is 534 g/mol. The number of hydrogen-bond acceptors (Lipinski definition) is 3. The Kier molecular flexibility index (Phi) is 9.60. The van der Waals surface area contributed by atoms with Crippen LogP contribution in [0.4, 0.5) is 9.18 Å². The van der Waals surface area contributed by atoms with E-state index in [0.29, 0.717) is 42.5 Å². The van der Waals surface area contributed by atoms with Crippen LogP contribution >= 0.6 is 0 Å². The molecule has 2 atom stereocenters. The molecular weight excluding hydrogens is 487 g/mol. The van der Waals surface area contributed by atoms with E-state index in [0.717, 1.165) is 12.8 Å². The highest BCUT2D eigenvalue weighted by molar-refractivity contribution is 5.67. The minimum absolute atomic E-state index is 0.352. The van der Waals surface area contributed by atoms with Crippen LogP contribution in [0.25, 0.3) is 0 Å². The molecule has 3 aliphatic rings. The topological polar surface area (TPSA) is 50.4 Å². The number of amides is 1. The van der Waals surface area contributed by atoms with Gasteiger partial charge in [0.1, 0.15) is 6.10 Å². The van der Waals surface area contributed by atoms with E-state index < -0.39 is 17.8 Å². The standard InChI is InChI=1S/C34H47FN2O2/c1-2-3-22-36-33(38)39-31-23-32(37-24-31)34(35,29-18-14-27(15-19-29)25-10-6-4-7-11-25)30-20-16-28(17-21-30)26-12-8-5-9-13-26/h14-21,25-26,31-32,37H,2-13,22-24H2,1H3,(H,36,38)/t31-,32?/m1/s1. The molecule has 1 heterocycles. The van der Waals surface area contributed by atoms with E-state index in [9.17, 15) is 4.79 Å². The van der Waals surface area contributed by atoms with Gasteiger partial charge in [-0.3, -0.25) is 0 Å². The number of carbonyl (C=O) groups is 1. The molecule has 2 aromatic carbocycles. The molecule has 0 spiro atoms. The Morgan fingerprint density at radius 3 is 1.87 bits per heavy atom. The molecule has 1 saturated heterocycles. The van der Waals surface area contributed by atoms with Crippen molar-refractivity contribution in [1.29, 1.82) is 0 Å². The molecule has 0 radical (unpaired) electrons. The van der Waals surface area contributed by atoms with Crippen molar-refractivity contribution in [3.8, 4) is 0 Å². The number of unbranched alkanes of at least 4 members (excludes halogenated alkanes) is 1. The number of rotatable bonds is 9. The number of ether oxygens (including phenoxy) is 1. The minimum Gasteiger partial charge on any atom is -0.445 e. The van der Waals surface area contributed by atoms with Crippen LogP contribution in [0, 0.1) is 0 Å². The Morgan fingerprint density at radius 1 is 0.872 bits per heavy atom. The van der Waals surface area contributed by atoms with E-state index in [-0.39, 0.29) is 6.10 Å². The molecule has 1 unspecified atom stereocenters. The molecule has 1 aliphatic heterocycles. The van der Waals surface area contributed by atoms with Gasteiger partial charge >= 0.3 is 6.09 Å². The summed E-state index contributed by atoms with van der Waals surface area (Å²) in [6.45, 7) is 3.15. The van der Waals surface area contributed by atoms with Crippen molar-refractivity contribution in [3.05, 3.63) is 70.8 Å².